The van der Waals surface area contributed by atoms with E-state index in [1.807, 2.05) is 30.3 Å². The quantitative estimate of drug-likeness (QED) is 0.801. The molecule has 128 valence electrons. The molecule has 4 aliphatic rings. The first-order valence-corrected chi connectivity index (χ1v) is 8.88. The van der Waals surface area contributed by atoms with E-state index < -0.39 is 0 Å². The van der Waals surface area contributed by atoms with Gasteiger partial charge in [0, 0.05) is 12.0 Å². The zero-order chi connectivity index (χ0) is 16.8. The first-order chi connectivity index (χ1) is 12.3. The molecule has 0 saturated carbocycles. The van der Waals surface area contributed by atoms with Gasteiger partial charge in [-0.1, -0.05) is 54.6 Å². The summed E-state index contributed by atoms with van der Waals surface area (Å²) in [4.78, 5) is 22.5. The van der Waals surface area contributed by atoms with Gasteiger partial charge in [0.2, 0.25) is 0 Å². The van der Waals surface area contributed by atoms with Crippen LogP contribution in [0.5, 0.6) is 0 Å². The van der Waals surface area contributed by atoms with Crippen molar-refractivity contribution in [2.24, 2.45) is 0 Å². The Morgan fingerprint density at radius 3 is 1.92 bits per heavy atom. The number of carbonyl (C=O) groups excluding carboxylic acids is 1. The van der Waals surface area contributed by atoms with Crippen molar-refractivity contribution in [1.29, 1.82) is 0 Å². The van der Waals surface area contributed by atoms with Gasteiger partial charge in [0.05, 0.1) is 39.5 Å². The Labute approximate surface area is 148 Å². The Balaban J connectivity index is 1.30. The van der Waals surface area contributed by atoms with E-state index in [1.54, 1.807) is 0 Å². The van der Waals surface area contributed by atoms with Crippen LogP contribution in [0.4, 0.5) is 0 Å². The molecule has 25 heavy (non-hydrogen) atoms. The van der Waals surface area contributed by atoms with Gasteiger partial charge in [-0.15, -0.1) is 0 Å². The number of ketones is 1. The van der Waals surface area contributed by atoms with Gasteiger partial charge in [-0.3, -0.25) is 24.4 Å². The predicted octanol–water partition coefficient (Wildman–Crippen LogP) is 2.29. The highest BCUT2D eigenvalue weighted by atomic mass is 16.1. The Morgan fingerprint density at radius 1 is 0.760 bits per heavy atom. The third kappa shape index (κ3) is 2.79. The topological polar surface area (TPSA) is 30.0 Å². The van der Waals surface area contributed by atoms with Crippen molar-refractivity contribution in [3.8, 4) is 11.1 Å². The molecule has 5 nitrogen and oxygen atoms in total. The summed E-state index contributed by atoms with van der Waals surface area (Å²) in [6.07, 6.45) is 0.820. The van der Waals surface area contributed by atoms with Crippen molar-refractivity contribution in [2.45, 2.75) is 12.6 Å². The van der Waals surface area contributed by atoms with Crippen LogP contribution in [-0.2, 0) is 0 Å². The van der Waals surface area contributed by atoms with Crippen molar-refractivity contribution in [3.05, 3.63) is 60.2 Å². The number of rotatable bonds is 4. The monoisotopic (exact) mass is 334 g/mol. The summed E-state index contributed by atoms with van der Waals surface area (Å²) in [7, 11) is 0. The fourth-order valence-corrected chi connectivity index (χ4v) is 4.30. The minimum absolute atomic E-state index is 0.238. The van der Waals surface area contributed by atoms with Crippen molar-refractivity contribution >= 4 is 5.78 Å². The number of nitrogens with zero attached hydrogens (tertiary/aromatic N) is 4. The highest BCUT2D eigenvalue weighted by Crippen LogP contribution is 2.29. The highest BCUT2D eigenvalue weighted by Gasteiger charge is 2.43. The van der Waals surface area contributed by atoms with Crippen molar-refractivity contribution in [3.63, 3.8) is 0 Å². The molecule has 5 heteroatoms. The van der Waals surface area contributed by atoms with Gasteiger partial charge < -0.3 is 0 Å². The molecule has 4 bridgehead atoms. The van der Waals surface area contributed by atoms with Crippen LogP contribution < -0.4 is 0 Å². The van der Waals surface area contributed by atoms with E-state index in [0.29, 0.717) is 6.42 Å². The van der Waals surface area contributed by atoms with E-state index in [9.17, 15) is 4.79 Å². The summed E-state index contributed by atoms with van der Waals surface area (Å²) in [5.74, 6) is 0.238. The Hall–Kier alpha value is -2.05. The number of hydrogen-bond acceptors (Lipinski definition) is 5. The lowest BCUT2D eigenvalue weighted by Crippen LogP contribution is -2.75. The molecule has 0 radical (unpaired) electrons. The van der Waals surface area contributed by atoms with Gasteiger partial charge in [-0.25, -0.2) is 0 Å². The molecule has 2 aromatic carbocycles. The normalized spacial score (nSPS) is 32.7. The predicted molar refractivity (Wildman–Crippen MR) is 96.3 cm³/mol. The van der Waals surface area contributed by atoms with E-state index in [-0.39, 0.29) is 11.9 Å². The molecule has 0 spiro atoms. The van der Waals surface area contributed by atoms with Crippen molar-refractivity contribution in [2.75, 3.05) is 33.3 Å². The fraction of sp³-hybridized carbons (Fsp3) is 0.350. The molecule has 2 aromatic rings. The third-order valence-corrected chi connectivity index (χ3v) is 5.45. The Morgan fingerprint density at radius 2 is 1.32 bits per heavy atom. The van der Waals surface area contributed by atoms with E-state index in [4.69, 9.17) is 0 Å². The van der Waals surface area contributed by atoms with E-state index in [1.165, 1.54) is 5.56 Å². The van der Waals surface area contributed by atoms with E-state index >= 15 is 0 Å². The molecule has 0 N–H and O–H groups in total. The SMILES string of the molecule is O=C(CC1N2CN3CN(C2)CN1C3)c1ccc(-c2ccccc2)cc1. The molecular formula is C20H22N4O. The lowest BCUT2D eigenvalue weighted by Gasteiger charge is -2.60. The summed E-state index contributed by atoms with van der Waals surface area (Å²) >= 11 is 0. The van der Waals surface area contributed by atoms with Crippen LogP contribution in [0, 0.1) is 0 Å². The summed E-state index contributed by atoms with van der Waals surface area (Å²) in [5.41, 5.74) is 3.15. The average molecular weight is 334 g/mol. The Bertz CT molecular complexity index is 746. The van der Waals surface area contributed by atoms with Gasteiger partial charge in [-0.2, -0.15) is 0 Å². The number of carbonyl (C=O) groups is 1. The molecular weight excluding hydrogens is 312 g/mol. The largest absolute Gasteiger partial charge is 0.294 e. The smallest absolute Gasteiger partial charge is 0.165 e. The van der Waals surface area contributed by atoms with Gasteiger partial charge >= 0.3 is 0 Å². The maximum Gasteiger partial charge on any atom is 0.165 e. The molecule has 0 unspecified atom stereocenters. The second kappa shape index (κ2) is 6.04. The van der Waals surface area contributed by atoms with Crippen LogP contribution >= 0.6 is 0 Å². The Kier molecular flexibility index (Phi) is 3.68. The van der Waals surface area contributed by atoms with Gasteiger partial charge in [0.25, 0.3) is 0 Å². The van der Waals surface area contributed by atoms with Crippen LogP contribution in [-0.4, -0.2) is 64.9 Å². The maximum absolute atomic E-state index is 12.8. The average Bonchev–Trinajstić information content (AvgIpc) is 2.65. The molecule has 0 aliphatic carbocycles. The van der Waals surface area contributed by atoms with E-state index in [2.05, 4.69) is 43.9 Å². The lowest BCUT2D eigenvalue weighted by atomic mass is 10.00. The minimum atomic E-state index is 0.238. The van der Waals surface area contributed by atoms with Gasteiger partial charge in [0.15, 0.2) is 5.78 Å². The molecule has 4 fully saturated rings. The first-order valence-electron chi connectivity index (χ1n) is 8.88. The van der Waals surface area contributed by atoms with Crippen LogP contribution in [0.25, 0.3) is 11.1 Å². The number of hydrogen-bond donors (Lipinski definition) is 0. The third-order valence-electron chi connectivity index (χ3n) is 5.45. The lowest BCUT2D eigenvalue weighted by molar-refractivity contribution is -0.229. The second-order valence-corrected chi connectivity index (χ2v) is 7.28. The zero-order valence-corrected chi connectivity index (χ0v) is 14.2. The van der Waals surface area contributed by atoms with Gasteiger partial charge in [-0.05, 0) is 11.1 Å². The fourth-order valence-electron chi connectivity index (χ4n) is 4.30. The molecule has 0 aromatic heterocycles. The highest BCUT2D eigenvalue weighted by molar-refractivity contribution is 5.96. The minimum Gasteiger partial charge on any atom is -0.294 e. The molecule has 4 heterocycles. The van der Waals surface area contributed by atoms with E-state index in [0.717, 1.165) is 44.5 Å². The number of Topliss-reactive ketones (excluding diaryl/α,β-unsaturated/α-hetero) is 1. The number of benzene rings is 2. The molecule has 0 atom stereocenters. The van der Waals surface area contributed by atoms with Crippen LogP contribution in [0.15, 0.2) is 54.6 Å². The summed E-state index contributed by atoms with van der Waals surface area (Å²) in [5, 5.41) is 0. The van der Waals surface area contributed by atoms with Crippen LogP contribution in [0.2, 0.25) is 0 Å². The maximum atomic E-state index is 12.8. The summed E-state index contributed by atoms with van der Waals surface area (Å²) in [6.45, 7) is 5.00. The van der Waals surface area contributed by atoms with Gasteiger partial charge in [0.1, 0.15) is 0 Å². The zero-order valence-electron chi connectivity index (χ0n) is 14.2. The molecule has 4 aliphatic heterocycles. The molecule has 4 saturated heterocycles. The van der Waals surface area contributed by atoms with Crippen LogP contribution in [0.3, 0.4) is 0 Å². The first kappa shape index (κ1) is 15.2. The molecule has 6 rings (SSSR count). The standard InChI is InChI=1S/C20H22N4O/c25-19(10-20-23-12-21-11-22(14-23)15-24(20)13-21)18-8-6-17(7-9-18)16-4-2-1-3-5-16/h1-9,20H,10-15H2. The molecule has 0 amide bonds. The van der Waals surface area contributed by atoms with Crippen molar-refractivity contribution < 1.29 is 4.79 Å². The summed E-state index contributed by atoms with van der Waals surface area (Å²) < 4.78 is 0. The second-order valence-electron chi connectivity index (χ2n) is 7.28. The van der Waals surface area contributed by atoms with Crippen molar-refractivity contribution in [1.82, 2.24) is 19.6 Å². The summed E-state index contributed by atoms with van der Waals surface area (Å²) in [6, 6.07) is 18.3. The van der Waals surface area contributed by atoms with Crippen LogP contribution in [0.1, 0.15) is 16.8 Å².